The Kier molecular flexibility index (Phi) is 1.73. The van der Waals surface area contributed by atoms with Gasteiger partial charge in [0.25, 0.3) is 0 Å². The molecule has 0 radical (unpaired) electrons. The van der Waals surface area contributed by atoms with Crippen molar-refractivity contribution in [3.63, 3.8) is 0 Å². The van der Waals surface area contributed by atoms with Crippen LogP contribution in [-0.2, 0) is 0 Å². The van der Waals surface area contributed by atoms with E-state index < -0.39 is 0 Å². The average Bonchev–Trinajstić information content (AvgIpc) is 2.33. The molecule has 3 aliphatic rings. The average molecular weight is 299 g/mol. The highest BCUT2D eigenvalue weighted by Gasteiger charge is 2.65. The SMILES string of the molecule is CNC(=O)N1NC2(Br)CC1(Br)C2. The Morgan fingerprint density at radius 3 is 2.50 bits per heavy atom. The molecule has 12 heavy (non-hydrogen) atoms. The van der Waals surface area contributed by atoms with Gasteiger partial charge in [0, 0.05) is 19.9 Å². The first-order valence-corrected chi connectivity index (χ1v) is 5.25. The smallest absolute Gasteiger partial charge is 0.332 e. The van der Waals surface area contributed by atoms with Gasteiger partial charge >= 0.3 is 6.03 Å². The molecule has 2 amide bonds. The zero-order valence-corrected chi connectivity index (χ0v) is 9.70. The number of hydrogen-bond acceptors (Lipinski definition) is 2. The summed E-state index contributed by atoms with van der Waals surface area (Å²) in [6, 6.07) is -0.106. The zero-order chi connectivity index (χ0) is 8.98. The topological polar surface area (TPSA) is 44.4 Å². The van der Waals surface area contributed by atoms with Crippen LogP contribution in [0.15, 0.2) is 0 Å². The van der Waals surface area contributed by atoms with Crippen molar-refractivity contribution in [2.75, 3.05) is 7.05 Å². The molecule has 2 heterocycles. The summed E-state index contributed by atoms with van der Waals surface area (Å²) in [6.45, 7) is 0. The molecule has 3 rings (SSSR count). The fraction of sp³-hybridized carbons (Fsp3) is 0.833. The number of fused-ring (bicyclic) bond motifs is 1. The molecule has 0 unspecified atom stereocenters. The maximum atomic E-state index is 11.3. The van der Waals surface area contributed by atoms with Crippen LogP contribution in [-0.4, -0.2) is 27.0 Å². The van der Waals surface area contributed by atoms with Crippen molar-refractivity contribution in [2.45, 2.75) is 21.7 Å². The van der Waals surface area contributed by atoms with Crippen LogP contribution in [0.5, 0.6) is 0 Å². The summed E-state index contributed by atoms with van der Waals surface area (Å²) in [6.07, 6.45) is 1.79. The van der Waals surface area contributed by atoms with Gasteiger partial charge in [0.1, 0.15) is 4.45 Å². The second kappa shape index (κ2) is 2.36. The summed E-state index contributed by atoms with van der Waals surface area (Å²) in [4.78, 5) is 11.3. The highest BCUT2D eigenvalue weighted by atomic mass is 79.9. The van der Waals surface area contributed by atoms with Crippen molar-refractivity contribution in [3.05, 3.63) is 0 Å². The Morgan fingerprint density at radius 1 is 1.58 bits per heavy atom. The lowest BCUT2D eigenvalue weighted by atomic mass is 9.90. The Morgan fingerprint density at radius 2 is 2.17 bits per heavy atom. The summed E-state index contributed by atoms with van der Waals surface area (Å²) in [5.74, 6) is 0. The molecule has 0 aromatic heterocycles. The van der Waals surface area contributed by atoms with E-state index in [1.165, 1.54) is 0 Å². The first-order valence-electron chi connectivity index (χ1n) is 3.67. The summed E-state index contributed by atoms with van der Waals surface area (Å²) in [5, 5.41) is 4.18. The molecule has 0 aromatic rings. The summed E-state index contributed by atoms with van der Waals surface area (Å²) < 4.78 is -0.250. The van der Waals surface area contributed by atoms with Crippen LogP contribution in [0, 0.1) is 0 Å². The Labute approximate surface area is 87.3 Å². The zero-order valence-electron chi connectivity index (χ0n) is 6.53. The van der Waals surface area contributed by atoms with Crippen LogP contribution >= 0.6 is 31.9 Å². The van der Waals surface area contributed by atoms with Gasteiger partial charge in [-0.05, 0) is 0 Å². The Balaban J connectivity index is 2.16. The molecule has 0 spiro atoms. The van der Waals surface area contributed by atoms with E-state index in [0.29, 0.717) is 0 Å². The molecule has 2 bridgehead atoms. The van der Waals surface area contributed by atoms with Crippen molar-refractivity contribution in [3.8, 4) is 0 Å². The molecule has 0 aromatic carbocycles. The second-order valence-corrected chi connectivity index (χ2v) is 6.23. The van der Waals surface area contributed by atoms with Gasteiger partial charge in [0.05, 0.1) is 4.45 Å². The van der Waals surface area contributed by atoms with Gasteiger partial charge in [0.15, 0.2) is 0 Å². The lowest BCUT2D eigenvalue weighted by molar-refractivity contribution is 0.175. The number of nitrogens with zero attached hydrogens (tertiary/aromatic N) is 1. The number of alkyl halides is 2. The van der Waals surface area contributed by atoms with Crippen molar-refractivity contribution in [1.29, 1.82) is 0 Å². The van der Waals surface area contributed by atoms with Crippen LogP contribution in [0.25, 0.3) is 0 Å². The largest absolute Gasteiger partial charge is 0.340 e. The van der Waals surface area contributed by atoms with E-state index in [0.717, 1.165) is 12.8 Å². The molecule has 0 atom stereocenters. The number of rotatable bonds is 0. The van der Waals surface area contributed by atoms with Crippen molar-refractivity contribution < 1.29 is 4.79 Å². The maximum absolute atomic E-state index is 11.3. The second-order valence-electron chi connectivity index (χ2n) is 3.24. The maximum Gasteiger partial charge on any atom is 0.332 e. The lowest BCUT2D eigenvalue weighted by Gasteiger charge is -2.37. The molecule has 6 heteroatoms. The number of carbonyl (C=O) groups excluding carboxylic acids is 1. The number of halogens is 2. The third kappa shape index (κ3) is 1.01. The summed E-state index contributed by atoms with van der Waals surface area (Å²) in [7, 11) is 1.62. The van der Waals surface area contributed by atoms with Crippen molar-refractivity contribution in [1.82, 2.24) is 15.8 Å². The summed E-state index contributed by atoms with van der Waals surface area (Å²) >= 11 is 7.04. The van der Waals surface area contributed by atoms with E-state index in [-0.39, 0.29) is 14.9 Å². The van der Waals surface area contributed by atoms with Crippen LogP contribution in [0.1, 0.15) is 12.8 Å². The number of carbonyl (C=O) groups is 1. The monoisotopic (exact) mass is 297 g/mol. The normalized spacial score (nSPS) is 44.1. The lowest BCUT2D eigenvalue weighted by Crippen LogP contribution is -2.49. The molecule has 1 saturated carbocycles. The standard InChI is InChI=1S/C6H9Br2N3O/c1-9-4(12)11-6(8)2-5(7,3-6)10-11/h10H,2-3H2,1H3,(H,9,12). The molecule has 3 fully saturated rings. The highest BCUT2D eigenvalue weighted by Crippen LogP contribution is 2.58. The molecule has 4 nitrogen and oxygen atoms in total. The van der Waals surface area contributed by atoms with Crippen molar-refractivity contribution in [2.24, 2.45) is 0 Å². The van der Waals surface area contributed by atoms with Crippen LogP contribution in [0.2, 0.25) is 0 Å². The van der Waals surface area contributed by atoms with Gasteiger partial charge in [-0.15, -0.1) is 0 Å². The van der Waals surface area contributed by atoms with E-state index in [2.05, 4.69) is 42.6 Å². The number of amides is 2. The quantitative estimate of drug-likeness (QED) is 0.520. The van der Waals surface area contributed by atoms with E-state index in [1.807, 2.05) is 0 Å². The van der Waals surface area contributed by atoms with Gasteiger partial charge in [-0.3, -0.25) is 0 Å². The van der Waals surface area contributed by atoms with Gasteiger partial charge in [-0.25, -0.2) is 15.2 Å². The minimum absolute atomic E-state index is 0.0665. The minimum Gasteiger partial charge on any atom is -0.340 e. The predicted octanol–water partition coefficient (Wildman–Crippen LogP) is 1.12. The first kappa shape index (κ1) is 8.77. The highest BCUT2D eigenvalue weighted by molar-refractivity contribution is 9.11. The Hall–Kier alpha value is 0.190. The van der Waals surface area contributed by atoms with Crippen molar-refractivity contribution >= 4 is 37.9 Å². The fourth-order valence-electron chi connectivity index (χ4n) is 1.69. The predicted molar refractivity (Wildman–Crippen MR) is 52.0 cm³/mol. The van der Waals surface area contributed by atoms with Crippen LogP contribution in [0.4, 0.5) is 4.79 Å². The van der Waals surface area contributed by atoms with E-state index in [1.54, 1.807) is 12.1 Å². The molecule has 2 saturated heterocycles. The molecule has 2 N–H and O–H groups in total. The third-order valence-electron chi connectivity index (χ3n) is 2.23. The van der Waals surface area contributed by atoms with E-state index in [4.69, 9.17) is 0 Å². The van der Waals surface area contributed by atoms with Gasteiger partial charge in [-0.2, -0.15) is 0 Å². The van der Waals surface area contributed by atoms with Crippen LogP contribution in [0.3, 0.4) is 0 Å². The van der Waals surface area contributed by atoms with Crippen LogP contribution < -0.4 is 10.7 Å². The molecular formula is C6H9Br2N3O. The summed E-state index contributed by atoms with van der Waals surface area (Å²) in [5.41, 5.74) is 3.09. The Bertz CT molecular complexity index is 239. The van der Waals surface area contributed by atoms with E-state index in [9.17, 15) is 4.79 Å². The molecule has 68 valence electrons. The minimum atomic E-state index is -0.184. The van der Waals surface area contributed by atoms with Gasteiger partial charge in [-0.1, -0.05) is 31.9 Å². The van der Waals surface area contributed by atoms with E-state index >= 15 is 0 Å². The number of hydrogen-bond donors (Lipinski definition) is 2. The molecular weight excluding hydrogens is 290 g/mol. The number of nitrogens with one attached hydrogen (secondary N) is 2. The molecule has 2 aliphatic heterocycles. The van der Waals surface area contributed by atoms with Gasteiger partial charge < -0.3 is 5.32 Å². The molecule has 1 aliphatic carbocycles. The van der Waals surface area contributed by atoms with Gasteiger partial charge in [0.2, 0.25) is 0 Å². The first-order chi connectivity index (χ1) is 5.49. The third-order valence-corrected chi connectivity index (χ3v) is 3.89. The number of urea groups is 1. The number of hydrazine groups is 1. The fourth-order valence-corrected chi connectivity index (χ4v) is 4.75.